The Morgan fingerprint density at radius 3 is 2.88 bits per heavy atom. The second kappa shape index (κ2) is 5.84. The van der Waals surface area contributed by atoms with E-state index in [0.29, 0.717) is 0 Å². The predicted molar refractivity (Wildman–Crippen MR) is 66.4 cm³/mol. The summed E-state index contributed by atoms with van der Waals surface area (Å²) >= 11 is 0. The van der Waals surface area contributed by atoms with E-state index < -0.39 is 0 Å². The molecule has 1 N–H and O–H groups in total. The fraction of sp³-hybridized carbons (Fsp3) is 0.692. The molecule has 2 rings (SSSR count). The third-order valence-electron chi connectivity index (χ3n) is 3.38. The molecule has 1 amide bonds. The summed E-state index contributed by atoms with van der Waals surface area (Å²) in [5, 5.41) is 7.23. The third kappa shape index (κ3) is 3.58. The van der Waals surface area contributed by atoms with E-state index in [1.807, 2.05) is 23.9 Å². The van der Waals surface area contributed by atoms with Crippen LogP contribution < -0.4 is 5.32 Å². The van der Waals surface area contributed by atoms with Crippen LogP contribution in [0.1, 0.15) is 39.0 Å². The zero-order chi connectivity index (χ0) is 12.1. The molecular weight excluding hydrogens is 214 g/mol. The SMILES string of the molecule is CC(Cn1cccn1)NC(=O)C1CCCCC1. The minimum Gasteiger partial charge on any atom is -0.352 e. The summed E-state index contributed by atoms with van der Waals surface area (Å²) in [6, 6.07) is 2.04. The van der Waals surface area contributed by atoms with Crippen LogP contribution in [0.15, 0.2) is 18.5 Å². The second-order valence-corrected chi connectivity index (χ2v) is 4.97. The molecule has 0 aliphatic heterocycles. The number of nitrogens with zero attached hydrogens (tertiary/aromatic N) is 2. The number of carbonyl (C=O) groups excluding carboxylic acids is 1. The van der Waals surface area contributed by atoms with Crippen molar-refractivity contribution >= 4 is 5.91 Å². The maximum atomic E-state index is 12.0. The van der Waals surface area contributed by atoms with Gasteiger partial charge in [0.25, 0.3) is 0 Å². The fourth-order valence-corrected chi connectivity index (χ4v) is 2.46. The summed E-state index contributed by atoms with van der Waals surface area (Å²) in [6.45, 7) is 2.77. The zero-order valence-corrected chi connectivity index (χ0v) is 10.4. The van der Waals surface area contributed by atoms with Gasteiger partial charge in [-0.05, 0) is 25.8 Å². The van der Waals surface area contributed by atoms with Crippen LogP contribution in [0, 0.1) is 5.92 Å². The van der Waals surface area contributed by atoms with Crippen molar-refractivity contribution in [2.24, 2.45) is 5.92 Å². The first-order chi connectivity index (χ1) is 8.25. The molecule has 1 unspecified atom stereocenters. The van der Waals surface area contributed by atoms with Gasteiger partial charge in [0.05, 0.1) is 6.54 Å². The zero-order valence-electron chi connectivity index (χ0n) is 10.4. The van der Waals surface area contributed by atoms with Gasteiger partial charge in [-0.3, -0.25) is 9.48 Å². The largest absolute Gasteiger partial charge is 0.352 e. The quantitative estimate of drug-likeness (QED) is 0.867. The Hall–Kier alpha value is -1.32. The Morgan fingerprint density at radius 2 is 2.24 bits per heavy atom. The van der Waals surface area contributed by atoms with Crippen LogP contribution in [0.3, 0.4) is 0 Å². The highest BCUT2D eigenvalue weighted by atomic mass is 16.1. The van der Waals surface area contributed by atoms with Gasteiger partial charge >= 0.3 is 0 Å². The minimum atomic E-state index is 0.143. The number of amides is 1. The van der Waals surface area contributed by atoms with Crippen LogP contribution in [0.5, 0.6) is 0 Å². The van der Waals surface area contributed by atoms with E-state index in [9.17, 15) is 4.79 Å². The first kappa shape index (κ1) is 12.1. The first-order valence-corrected chi connectivity index (χ1v) is 6.53. The van der Waals surface area contributed by atoms with Crippen LogP contribution in [-0.2, 0) is 11.3 Å². The highest BCUT2D eigenvalue weighted by Crippen LogP contribution is 2.23. The topological polar surface area (TPSA) is 46.9 Å². The highest BCUT2D eigenvalue weighted by Gasteiger charge is 2.22. The van der Waals surface area contributed by atoms with E-state index in [1.54, 1.807) is 6.20 Å². The lowest BCUT2D eigenvalue weighted by atomic mass is 9.88. The summed E-state index contributed by atoms with van der Waals surface area (Å²) in [4.78, 5) is 12.0. The molecule has 94 valence electrons. The lowest BCUT2D eigenvalue weighted by Crippen LogP contribution is -2.40. The molecule has 1 aliphatic rings. The van der Waals surface area contributed by atoms with Gasteiger partial charge in [-0.2, -0.15) is 5.10 Å². The first-order valence-electron chi connectivity index (χ1n) is 6.53. The Labute approximate surface area is 102 Å². The molecule has 0 saturated heterocycles. The van der Waals surface area contributed by atoms with E-state index in [2.05, 4.69) is 10.4 Å². The van der Waals surface area contributed by atoms with E-state index in [0.717, 1.165) is 19.4 Å². The van der Waals surface area contributed by atoms with Crippen molar-refractivity contribution in [2.75, 3.05) is 0 Å². The molecular formula is C13H21N3O. The molecule has 1 aromatic rings. The van der Waals surface area contributed by atoms with Crippen molar-refractivity contribution in [3.05, 3.63) is 18.5 Å². The van der Waals surface area contributed by atoms with E-state index >= 15 is 0 Å². The average Bonchev–Trinajstić information content (AvgIpc) is 2.82. The molecule has 1 aromatic heterocycles. The molecule has 1 aliphatic carbocycles. The Balaban J connectivity index is 1.77. The standard InChI is InChI=1S/C13H21N3O/c1-11(10-16-9-5-8-14-16)15-13(17)12-6-3-2-4-7-12/h5,8-9,11-12H,2-4,6-7,10H2,1H3,(H,15,17). The minimum absolute atomic E-state index is 0.143. The number of hydrogen-bond donors (Lipinski definition) is 1. The van der Waals surface area contributed by atoms with Crippen molar-refractivity contribution < 1.29 is 4.79 Å². The summed E-state index contributed by atoms with van der Waals surface area (Å²) < 4.78 is 1.85. The van der Waals surface area contributed by atoms with Crippen molar-refractivity contribution in [1.82, 2.24) is 15.1 Å². The molecule has 4 nitrogen and oxygen atoms in total. The lowest BCUT2D eigenvalue weighted by Gasteiger charge is -2.23. The normalized spacial score (nSPS) is 18.9. The van der Waals surface area contributed by atoms with Gasteiger partial charge in [-0.1, -0.05) is 19.3 Å². The van der Waals surface area contributed by atoms with Crippen LogP contribution in [0.4, 0.5) is 0 Å². The van der Waals surface area contributed by atoms with Crippen LogP contribution in [0.2, 0.25) is 0 Å². The monoisotopic (exact) mass is 235 g/mol. The Morgan fingerprint density at radius 1 is 1.47 bits per heavy atom. The molecule has 0 spiro atoms. The van der Waals surface area contributed by atoms with Crippen molar-refractivity contribution in [2.45, 2.75) is 51.6 Å². The van der Waals surface area contributed by atoms with Gasteiger partial charge in [-0.25, -0.2) is 0 Å². The van der Waals surface area contributed by atoms with Crippen molar-refractivity contribution in [1.29, 1.82) is 0 Å². The smallest absolute Gasteiger partial charge is 0.223 e. The van der Waals surface area contributed by atoms with Gasteiger partial charge in [0.2, 0.25) is 5.91 Å². The highest BCUT2D eigenvalue weighted by molar-refractivity contribution is 5.78. The number of hydrogen-bond acceptors (Lipinski definition) is 2. The Bertz CT molecular complexity index is 342. The molecule has 0 radical (unpaired) electrons. The average molecular weight is 235 g/mol. The molecule has 4 heteroatoms. The number of rotatable bonds is 4. The van der Waals surface area contributed by atoms with E-state index in [-0.39, 0.29) is 17.9 Å². The molecule has 1 heterocycles. The molecule has 1 fully saturated rings. The van der Waals surface area contributed by atoms with Gasteiger partial charge in [-0.15, -0.1) is 0 Å². The molecule has 17 heavy (non-hydrogen) atoms. The van der Waals surface area contributed by atoms with Crippen molar-refractivity contribution in [3.8, 4) is 0 Å². The fourth-order valence-electron chi connectivity index (χ4n) is 2.46. The maximum absolute atomic E-state index is 12.0. The predicted octanol–water partition coefficient (Wildman–Crippen LogP) is 1.97. The van der Waals surface area contributed by atoms with Crippen LogP contribution >= 0.6 is 0 Å². The Kier molecular flexibility index (Phi) is 4.18. The summed E-state index contributed by atoms with van der Waals surface area (Å²) in [5.41, 5.74) is 0. The number of carbonyl (C=O) groups is 1. The second-order valence-electron chi connectivity index (χ2n) is 4.97. The summed E-state index contributed by atoms with van der Waals surface area (Å²) in [5.74, 6) is 0.466. The van der Waals surface area contributed by atoms with Gasteiger partial charge in [0, 0.05) is 24.4 Å². The molecule has 0 bridgehead atoms. The lowest BCUT2D eigenvalue weighted by molar-refractivity contribution is -0.126. The van der Waals surface area contributed by atoms with E-state index in [4.69, 9.17) is 0 Å². The number of aromatic nitrogens is 2. The summed E-state index contributed by atoms with van der Waals surface area (Å²) in [7, 11) is 0. The van der Waals surface area contributed by atoms with Crippen LogP contribution in [0.25, 0.3) is 0 Å². The van der Waals surface area contributed by atoms with Gasteiger partial charge in [0.1, 0.15) is 0 Å². The third-order valence-corrected chi connectivity index (χ3v) is 3.38. The molecule has 0 aromatic carbocycles. The van der Waals surface area contributed by atoms with Gasteiger partial charge < -0.3 is 5.32 Å². The van der Waals surface area contributed by atoms with Crippen LogP contribution in [-0.4, -0.2) is 21.7 Å². The van der Waals surface area contributed by atoms with Gasteiger partial charge in [0.15, 0.2) is 0 Å². The molecule has 1 saturated carbocycles. The molecule has 1 atom stereocenters. The van der Waals surface area contributed by atoms with E-state index in [1.165, 1.54) is 19.3 Å². The maximum Gasteiger partial charge on any atom is 0.223 e. The number of nitrogens with one attached hydrogen (secondary N) is 1. The summed E-state index contributed by atoms with van der Waals surface area (Å²) in [6.07, 6.45) is 9.48. The van der Waals surface area contributed by atoms with Crippen molar-refractivity contribution in [3.63, 3.8) is 0 Å².